The van der Waals surface area contributed by atoms with Gasteiger partial charge in [-0.05, 0) is 47.9 Å². The Hall–Kier alpha value is -2.55. The van der Waals surface area contributed by atoms with Crippen molar-refractivity contribution in [3.63, 3.8) is 0 Å². The third-order valence-electron chi connectivity index (χ3n) is 4.46. The minimum atomic E-state index is -4.60. The topological polar surface area (TPSA) is 57.6 Å². The first-order valence-corrected chi connectivity index (χ1v) is 9.25. The summed E-state index contributed by atoms with van der Waals surface area (Å²) in [6.45, 7) is 1.38. The van der Waals surface area contributed by atoms with E-state index in [1.165, 1.54) is 53.9 Å². The first kappa shape index (κ1) is 20.2. The van der Waals surface area contributed by atoms with Crippen LogP contribution in [0.1, 0.15) is 32.4 Å². The molecule has 0 spiro atoms. The fraction of sp³-hybridized carbons (Fsp3) is 0.263. The fourth-order valence-electron chi connectivity index (χ4n) is 3.19. The van der Waals surface area contributed by atoms with Crippen LogP contribution in [0.2, 0.25) is 0 Å². The minimum Gasteiger partial charge on any atom is -0.478 e. The zero-order chi connectivity index (χ0) is 20.6. The molecular formula is C19H15F4NO3S. The number of hydrogen-bond donors (Lipinski definition) is 1. The Bertz CT molecular complexity index is 928. The van der Waals surface area contributed by atoms with Crippen LogP contribution in [0.15, 0.2) is 36.4 Å². The second-order valence-corrected chi connectivity index (χ2v) is 7.38. The summed E-state index contributed by atoms with van der Waals surface area (Å²) in [6, 6.07) is 7.94. The number of rotatable bonds is 4. The smallest absolute Gasteiger partial charge is 0.393 e. The zero-order valence-electron chi connectivity index (χ0n) is 14.6. The van der Waals surface area contributed by atoms with Crippen molar-refractivity contribution in [3.05, 3.63) is 64.5 Å². The summed E-state index contributed by atoms with van der Waals surface area (Å²) >= 11 is 1.27. The van der Waals surface area contributed by atoms with Crippen molar-refractivity contribution < 1.29 is 32.3 Å². The molecule has 1 aliphatic rings. The van der Waals surface area contributed by atoms with Crippen LogP contribution in [0.5, 0.6) is 0 Å². The molecule has 1 atom stereocenters. The van der Waals surface area contributed by atoms with Gasteiger partial charge in [0.1, 0.15) is 11.2 Å². The molecular weight excluding hydrogens is 398 g/mol. The minimum absolute atomic E-state index is 0.0835. The molecule has 9 heteroatoms. The SMILES string of the molecule is Cc1c(N2C(=O)CSC2c2ccc(F)cc2)ccc(C(=O)O)c1CC(F)(F)F. The molecule has 1 aliphatic heterocycles. The first-order valence-electron chi connectivity index (χ1n) is 8.20. The molecule has 28 heavy (non-hydrogen) atoms. The fourth-order valence-corrected chi connectivity index (χ4v) is 4.36. The molecule has 0 bridgehead atoms. The van der Waals surface area contributed by atoms with E-state index in [1.807, 2.05) is 0 Å². The summed E-state index contributed by atoms with van der Waals surface area (Å²) in [7, 11) is 0. The van der Waals surface area contributed by atoms with E-state index >= 15 is 0 Å². The normalized spacial score (nSPS) is 17.2. The molecule has 1 amide bonds. The van der Waals surface area contributed by atoms with E-state index in [0.717, 1.165) is 6.07 Å². The Morgan fingerprint density at radius 1 is 1.21 bits per heavy atom. The number of carbonyl (C=O) groups excluding carboxylic acids is 1. The molecule has 1 unspecified atom stereocenters. The lowest BCUT2D eigenvalue weighted by Crippen LogP contribution is -2.29. The highest BCUT2D eigenvalue weighted by Gasteiger charge is 2.37. The molecule has 2 aromatic rings. The van der Waals surface area contributed by atoms with Gasteiger partial charge in [0.2, 0.25) is 5.91 Å². The van der Waals surface area contributed by atoms with Gasteiger partial charge in [-0.25, -0.2) is 9.18 Å². The van der Waals surface area contributed by atoms with Gasteiger partial charge in [0.15, 0.2) is 0 Å². The molecule has 0 aromatic heterocycles. The van der Waals surface area contributed by atoms with Crippen LogP contribution in [0.3, 0.4) is 0 Å². The van der Waals surface area contributed by atoms with Crippen molar-refractivity contribution in [1.29, 1.82) is 0 Å². The Balaban J connectivity index is 2.10. The van der Waals surface area contributed by atoms with E-state index in [4.69, 9.17) is 0 Å². The molecule has 1 heterocycles. The molecule has 2 aromatic carbocycles. The number of benzene rings is 2. The molecule has 1 N–H and O–H groups in total. The molecule has 3 rings (SSSR count). The quantitative estimate of drug-likeness (QED) is 0.738. The van der Waals surface area contributed by atoms with Crippen LogP contribution in [0.4, 0.5) is 23.2 Å². The number of hydrogen-bond acceptors (Lipinski definition) is 3. The van der Waals surface area contributed by atoms with Gasteiger partial charge < -0.3 is 5.11 Å². The van der Waals surface area contributed by atoms with E-state index in [1.54, 1.807) is 0 Å². The van der Waals surface area contributed by atoms with Gasteiger partial charge in [0.05, 0.1) is 17.7 Å². The van der Waals surface area contributed by atoms with Crippen LogP contribution >= 0.6 is 11.8 Å². The highest BCUT2D eigenvalue weighted by atomic mass is 32.2. The highest BCUT2D eigenvalue weighted by molar-refractivity contribution is 8.00. The molecule has 1 saturated heterocycles. The average Bonchev–Trinajstić information content (AvgIpc) is 2.97. The van der Waals surface area contributed by atoms with Gasteiger partial charge in [-0.1, -0.05) is 12.1 Å². The Kier molecular flexibility index (Phi) is 5.38. The number of anilines is 1. The Morgan fingerprint density at radius 3 is 2.43 bits per heavy atom. The monoisotopic (exact) mass is 413 g/mol. The van der Waals surface area contributed by atoms with Gasteiger partial charge in [-0.3, -0.25) is 9.69 Å². The van der Waals surface area contributed by atoms with Crippen molar-refractivity contribution in [2.75, 3.05) is 10.7 Å². The van der Waals surface area contributed by atoms with Gasteiger partial charge in [-0.15, -0.1) is 11.8 Å². The average molecular weight is 413 g/mol. The molecule has 0 radical (unpaired) electrons. The summed E-state index contributed by atoms with van der Waals surface area (Å²) < 4.78 is 52.3. The number of carbonyl (C=O) groups is 2. The van der Waals surface area contributed by atoms with Gasteiger partial charge in [-0.2, -0.15) is 13.2 Å². The lowest BCUT2D eigenvalue weighted by atomic mass is 9.96. The summed E-state index contributed by atoms with van der Waals surface area (Å²) in [6.07, 6.45) is -6.02. The summed E-state index contributed by atoms with van der Waals surface area (Å²) in [5, 5.41) is 8.72. The lowest BCUT2D eigenvalue weighted by Gasteiger charge is -2.27. The Morgan fingerprint density at radius 2 is 1.86 bits per heavy atom. The van der Waals surface area contributed by atoms with Crippen molar-refractivity contribution in [2.45, 2.75) is 24.9 Å². The number of thioether (sulfide) groups is 1. The number of carboxylic acid groups (broad SMARTS) is 1. The van der Waals surface area contributed by atoms with Crippen molar-refractivity contribution in [2.24, 2.45) is 0 Å². The second-order valence-electron chi connectivity index (χ2n) is 6.31. The number of amides is 1. The van der Waals surface area contributed by atoms with Crippen molar-refractivity contribution >= 4 is 29.3 Å². The van der Waals surface area contributed by atoms with Crippen LogP contribution in [-0.4, -0.2) is 28.9 Å². The van der Waals surface area contributed by atoms with E-state index < -0.39 is 35.3 Å². The molecule has 0 aliphatic carbocycles. The van der Waals surface area contributed by atoms with Crippen molar-refractivity contribution in [3.8, 4) is 0 Å². The zero-order valence-corrected chi connectivity index (χ0v) is 15.4. The standard InChI is InChI=1S/C19H15F4NO3S/c1-10-14(8-19(21,22)23)13(18(26)27)6-7-15(10)24-16(25)9-28-17(24)11-2-4-12(20)5-3-11/h2-7,17H,8-9H2,1H3,(H,26,27). The number of aromatic carboxylic acids is 1. The van der Waals surface area contributed by atoms with E-state index in [0.29, 0.717) is 5.56 Å². The maximum Gasteiger partial charge on any atom is 0.393 e. The largest absolute Gasteiger partial charge is 0.478 e. The van der Waals surface area contributed by atoms with Crippen LogP contribution in [-0.2, 0) is 11.2 Å². The van der Waals surface area contributed by atoms with E-state index in [2.05, 4.69) is 0 Å². The Labute approximate surface area is 162 Å². The van der Waals surface area contributed by atoms with Gasteiger partial charge in [0.25, 0.3) is 0 Å². The summed E-state index contributed by atoms with van der Waals surface area (Å²) in [4.78, 5) is 25.2. The number of carboxylic acids is 1. The van der Waals surface area contributed by atoms with Crippen LogP contribution in [0, 0.1) is 12.7 Å². The summed E-state index contributed by atoms with van der Waals surface area (Å²) in [5.74, 6) is -2.12. The molecule has 148 valence electrons. The number of halogens is 4. The predicted molar refractivity (Wildman–Crippen MR) is 97.0 cm³/mol. The van der Waals surface area contributed by atoms with E-state index in [9.17, 15) is 32.3 Å². The third kappa shape index (κ3) is 3.99. The van der Waals surface area contributed by atoms with Crippen LogP contribution < -0.4 is 4.90 Å². The maximum absolute atomic E-state index is 13.2. The van der Waals surface area contributed by atoms with Crippen molar-refractivity contribution in [1.82, 2.24) is 0 Å². The number of alkyl halides is 3. The molecule has 0 saturated carbocycles. The second kappa shape index (κ2) is 7.46. The van der Waals surface area contributed by atoms with Gasteiger partial charge in [0, 0.05) is 5.69 Å². The number of nitrogens with zero attached hydrogens (tertiary/aromatic N) is 1. The first-order chi connectivity index (χ1) is 13.1. The van der Waals surface area contributed by atoms with Crippen LogP contribution in [0.25, 0.3) is 0 Å². The lowest BCUT2D eigenvalue weighted by molar-refractivity contribution is -0.127. The highest BCUT2D eigenvalue weighted by Crippen LogP contribution is 2.44. The van der Waals surface area contributed by atoms with E-state index in [-0.39, 0.29) is 28.5 Å². The third-order valence-corrected chi connectivity index (χ3v) is 5.67. The molecule has 4 nitrogen and oxygen atoms in total. The predicted octanol–water partition coefficient (Wildman–Crippen LogP) is 4.72. The summed E-state index contributed by atoms with van der Waals surface area (Å²) in [5.41, 5.74) is 0.0985. The maximum atomic E-state index is 13.2. The van der Waals surface area contributed by atoms with Gasteiger partial charge >= 0.3 is 12.1 Å². The molecule has 1 fully saturated rings.